The maximum absolute atomic E-state index is 5.29. The maximum atomic E-state index is 5.29. The summed E-state index contributed by atoms with van der Waals surface area (Å²) in [5, 5.41) is 4.97. The fraction of sp³-hybridized carbons (Fsp3) is 0.0704. The molecule has 13 aromatic rings. The van der Waals surface area contributed by atoms with Gasteiger partial charge in [0.1, 0.15) is 0 Å². The molecular weight excluding hydrogens is 993 g/mol. The van der Waals surface area contributed by atoms with Gasteiger partial charge in [-0.05, 0) is 162 Å². The molecule has 0 atom stereocenters. The van der Waals surface area contributed by atoms with Gasteiger partial charge in [0.15, 0.2) is 0 Å². The lowest BCUT2D eigenvalue weighted by molar-refractivity contribution is 0.660. The third-order valence-corrected chi connectivity index (χ3v) is 17.3. The topological polar surface area (TPSA) is 9.86 Å². The Labute approximate surface area is 451 Å². The number of benzene rings is 11. The Morgan fingerprint density at radius 2 is 0.800 bits per heavy atom. The molecule has 0 N–H and O–H groups in total. The molecule has 75 heavy (non-hydrogen) atoms. The summed E-state index contributed by atoms with van der Waals surface area (Å²) >= 11 is 9.19. The quantitative estimate of drug-likeness (QED) is 0.138. The number of nitrogens with zero attached hydrogens (tertiary/aromatic N) is 2. The first-order valence-corrected chi connectivity index (χ1v) is 27.1. The fourth-order valence-electron chi connectivity index (χ4n) is 12.2. The molecule has 0 spiro atoms. The van der Waals surface area contributed by atoms with Crippen LogP contribution in [0.25, 0.3) is 110 Å². The van der Waals surface area contributed by atoms with Crippen molar-refractivity contribution in [1.29, 1.82) is 0 Å². The Hall–Kier alpha value is -8.15. The largest absolute Gasteiger partial charge is 0.336 e. The second-order valence-corrected chi connectivity index (χ2v) is 22.1. The normalized spacial score (nSPS) is 12.7. The molecule has 358 valence electrons. The van der Waals surface area contributed by atoms with Crippen LogP contribution in [0.5, 0.6) is 0 Å². The Kier molecular flexibility index (Phi) is 10.9. The first-order chi connectivity index (χ1) is 36.7. The van der Waals surface area contributed by atoms with Crippen LogP contribution in [0.1, 0.15) is 36.1 Å². The minimum absolute atomic E-state index is 0.112. The van der Waals surface area contributed by atoms with Crippen molar-refractivity contribution in [3.63, 3.8) is 0 Å². The van der Waals surface area contributed by atoms with Gasteiger partial charge < -0.3 is 9.13 Å². The van der Waals surface area contributed by atoms with Crippen molar-refractivity contribution in [3.8, 4) is 66.8 Å². The predicted octanol–water partition coefficient (Wildman–Crippen LogP) is 19.7. The minimum atomic E-state index is -0.112. The van der Waals surface area contributed by atoms with E-state index < -0.39 is 0 Å². The van der Waals surface area contributed by atoms with E-state index in [0.29, 0.717) is 6.54 Å². The van der Waals surface area contributed by atoms with Crippen LogP contribution in [-0.4, -0.2) is 9.13 Å². The van der Waals surface area contributed by atoms with E-state index in [-0.39, 0.29) is 5.41 Å². The highest BCUT2D eigenvalue weighted by Gasteiger charge is 2.36. The third-order valence-electron chi connectivity index (χ3n) is 16.1. The van der Waals surface area contributed by atoms with Crippen molar-refractivity contribution in [2.75, 3.05) is 0 Å². The molecule has 11 aromatic carbocycles. The van der Waals surface area contributed by atoms with Crippen molar-refractivity contribution in [2.45, 2.75) is 37.2 Å². The molecule has 2 aromatic heterocycles. The summed E-state index contributed by atoms with van der Waals surface area (Å²) < 4.78 is 6.16. The van der Waals surface area contributed by atoms with Gasteiger partial charge >= 0.3 is 0 Å². The van der Waals surface area contributed by atoms with Gasteiger partial charge in [-0.25, -0.2) is 0 Å². The van der Waals surface area contributed by atoms with Crippen LogP contribution in [0.2, 0.25) is 0 Å². The van der Waals surface area contributed by atoms with E-state index in [1.54, 1.807) is 0 Å². The highest BCUT2D eigenvalue weighted by Crippen LogP contribution is 2.51. The van der Waals surface area contributed by atoms with Crippen molar-refractivity contribution in [2.24, 2.45) is 0 Å². The summed E-state index contributed by atoms with van der Waals surface area (Å²) in [7, 11) is 0. The van der Waals surface area contributed by atoms with Gasteiger partial charge in [-0.3, -0.25) is 0 Å². The number of aromatic nitrogens is 2. The number of thiol groups is 1. The summed E-state index contributed by atoms with van der Waals surface area (Å²) in [5.41, 5.74) is 24.6. The van der Waals surface area contributed by atoms with E-state index in [1.165, 1.54) is 133 Å². The standard InChI is InChI=1S/C71H51BrN2S/c1-71(2)63-27-11-10-25-56(63)57-41-61-60-40-53(32-35-66(60)73(69(61)42-64(57)71)43-54-20-9-12-28-65(54)72)55-26-15-29-70(75)62(55)44-74-67-33-30-51(49-23-13-21-47(36-49)45-16-5-3-6-17-45)38-58(67)59-39-52(31-34-68(59)74)50-24-14-22-48(37-50)46-18-7-4-8-19-46/h3-42,75H,43-44H2,1-2H3. The van der Waals surface area contributed by atoms with E-state index in [4.69, 9.17) is 12.6 Å². The van der Waals surface area contributed by atoms with Crippen LogP contribution in [-0.2, 0) is 18.5 Å². The summed E-state index contributed by atoms with van der Waals surface area (Å²) in [6, 6.07) is 89.6. The minimum Gasteiger partial charge on any atom is -0.336 e. The molecule has 0 saturated heterocycles. The molecule has 0 aliphatic heterocycles. The first-order valence-electron chi connectivity index (χ1n) is 25.9. The summed E-state index contributed by atoms with van der Waals surface area (Å²) in [6.45, 7) is 6.14. The average molecular weight is 1040 g/mol. The molecular formula is C71H51BrN2S. The molecule has 14 rings (SSSR count). The van der Waals surface area contributed by atoms with Gasteiger partial charge in [0.25, 0.3) is 0 Å². The highest BCUT2D eigenvalue weighted by molar-refractivity contribution is 9.10. The van der Waals surface area contributed by atoms with Crippen LogP contribution in [0.4, 0.5) is 0 Å². The lowest BCUT2D eigenvalue weighted by Crippen LogP contribution is -2.15. The number of halogens is 1. The van der Waals surface area contributed by atoms with Crippen molar-refractivity contribution in [1.82, 2.24) is 9.13 Å². The molecule has 0 unspecified atom stereocenters. The zero-order chi connectivity index (χ0) is 50.4. The monoisotopic (exact) mass is 1040 g/mol. The van der Waals surface area contributed by atoms with Gasteiger partial charge in [0, 0.05) is 71.5 Å². The van der Waals surface area contributed by atoms with Crippen molar-refractivity contribution >= 4 is 72.2 Å². The molecule has 0 fully saturated rings. The number of hydrogen-bond acceptors (Lipinski definition) is 1. The van der Waals surface area contributed by atoms with Gasteiger partial charge in [-0.15, -0.1) is 12.6 Å². The Bertz CT molecular complexity index is 4270. The second kappa shape index (κ2) is 18.1. The van der Waals surface area contributed by atoms with E-state index in [0.717, 1.165) is 15.9 Å². The second-order valence-electron chi connectivity index (χ2n) is 20.7. The zero-order valence-electron chi connectivity index (χ0n) is 41.7. The third kappa shape index (κ3) is 7.69. The molecule has 0 amide bonds. The lowest BCUT2D eigenvalue weighted by atomic mass is 9.82. The van der Waals surface area contributed by atoms with Crippen LogP contribution in [0, 0.1) is 0 Å². The smallest absolute Gasteiger partial charge is 0.0499 e. The van der Waals surface area contributed by atoms with E-state index >= 15 is 0 Å². The fourth-order valence-corrected chi connectivity index (χ4v) is 12.9. The Morgan fingerprint density at radius 3 is 1.41 bits per heavy atom. The number of rotatable bonds is 9. The molecule has 2 heterocycles. The van der Waals surface area contributed by atoms with Crippen LogP contribution >= 0.6 is 28.6 Å². The number of fused-ring (bicyclic) bond motifs is 9. The molecule has 0 radical (unpaired) electrons. The van der Waals surface area contributed by atoms with Gasteiger partial charge in [0.2, 0.25) is 0 Å². The van der Waals surface area contributed by atoms with Crippen molar-refractivity contribution in [3.05, 3.63) is 269 Å². The Balaban J connectivity index is 0.930. The average Bonchev–Trinajstić information content (AvgIpc) is 4.12. The summed E-state index contributed by atoms with van der Waals surface area (Å²) in [4.78, 5) is 0.972. The van der Waals surface area contributed by atoms with Crippen LogP contribution in [0.3, 0.4) is 0 Å². The van der Waals surface area contributed by atoms with E-state index in [1.807, 2.05) is 0 Å². The van der Waals surface area contributed by atoms with E-state index in [2.05, 4.69) is 282 Å². The van der Waals surface area contributed by atoms with Crippen LogP contribution in [0.15, 0.2) is 252 Å². The predicted molar refractivity (Wildman–Crippen MR) is 323 cm³/mol. The zero-order valence-corrected chi connectivity index (χ0v) is 44.2. The first kappa shape index (κ1) is 45.5. The molecule has 1 aliphatic carbocycles. The van der Waals surface area contributed by atoms with Gasteiger partial charge in [0.05, 0.1) is 0 Å². The highest BCUT2D eigenvalue weighted by atomic mass is 79.9. The summed E-state index contributed by atoms with van der Waals surface area (Å²) in [5.74, 6) is 0. The SMILES string of the molecule is CC1(C)c2ccccc2-c2cc3c4cc(-c5cccc(S)c5Cn5c6ccc(-c7cccc(-c8ccccc8)c7)cc6c6cc(-c7cccc(-c8ccccc8)c7)ccc65)ccc4n(Cc4ccccc4Br)c3cc21. The maximum Gasteiger partial charge on any atom is 0.0499 e. The molecule has 0 bridgehead atoms. The number of hydrogen-bond donors (Lipinski definition) is 1. The molecule has 1 aliphatic rings. The van der Waals surface area contributed by atoms with E-state index in [9.17, 15) is 0 Å². The van der Waals surface area contributed by atoms with Crippen LogP contribution < -0.4 is 0 Å². The molecule has 2 nitrogen and oxygen atoms in total. The Morgan fingerprint density at radius 1 is 0.347 bits per heavy atom. The summed E-state index contributed by atoms with van der Waals surface area (Å²) in [6.07, 6.45) is 0. The van der Waals surface area contributed by atoms with Gasteiger partial charge in [-0.2, -0.15) is 0 Å². The molecule has 4 heteroatoms. The lowest BCUT2D eigenvalue weighted by Gasteiger charge is -2.21. The van der Waals surface area contributed by atoms with Crippen molar-refractivity contribution < 1.29 is 0 Å². The van der Waals surface area contributed by atoms with Gasteiger partial charge in [-0.1, -0.05) is 200 Å². The molecule has 0 saturated carbocycles.